The van der Waals surface area contributed by atoms with Gasteiger partial charge in [-0.3, -0.25) is 4.79 Å². The number of carboxylic acid groups (broad SMARTS) is 1. The number of nitrogens with two attached hydrogens (primary N) is 1. The van der Waals surface area contributed by atoms with E-state index in [2.05, 4.69) is 24.3 Å². The SMILES string of the molecule is CC(C)(C)OC(=O)[C@@H]1CC[C@H]2CN(C(=O)OCC3c4ccccc4-c4ccccc43)C[C@H](N)C(=O)N21.O=C(O)C(F)(F)F. The first-order chi connectivity index (χ1) is 20.1. The zero-order valence-corrected chi connectivity index (χ0v) is 24.0. The third-order valence-electron chi connectivity index (χ3n) is 7.44. The van der Waals surface area contributed by atoms with Crippen LogP contribution in [0, 0.1) is 0 Å². The van der Waals surface area contributed by atoms with Crippen molar-refractivity contribution in [1.82, 2.24) is 9.80 Å². The number of carboxylic acids is 1. The monoisotopic (exact) mass is 605 g/mol. The second-order valence-corrected chi connectivity index (χ2v) is 11.6. The predicted molar refractivity (Wildman–Crippen MR) is 148 cm³/mol. The summed E-state index contributed by atoms with van der Waals surface area (Å²) >= 11 is 0. The maximum atomic E-state index is 13.2. The molecule has 43 heavy (non-hydrogen) atoms. The molecular formula is C30H34F3N3O7. The molecule has 13 heteroatoms. The van der Waals surface area contributed by atoms with Crippen LogP contribution in [0.4, 0.5) is 18.0 Å². The van der Waals surface area contributed by atoms with Gasteiger partial charge < -0.3 is 30.1 Å². The van der Waals surface area contributed by atoms with E-state index in [0.29, 0.717) is 12.8 Å². The molecule has 0 radical (unpaired) electrons. The number of hydrogen-bond donors (Lipinski definition) is 2. The van der Waals surface area contributed by atoms with Crippen LogP contribution >= 0.6 is 0 Å². The summed E-state index contributed by atoms with van der Waals surface area (Å²) in [6, 6.07) is 14.4. The third kappa shape index (κ3) is 7.10. The summed E-state index contributed by atoms with van der Waals surface area (Å²) < 4.78 is 43.1. The number of nitrogens with zero attached hydrogens (tertiary/aromatic N) is 2. The van der Waals surface area contributed by atoms with Crippen LogP contribution in [0.5, 0.6) is 0 Å². The van der Waals surface area contributed by atoms with Crippen LogP contribution in [-0.4, -0.2) is 88.4 Å². The van der Waals surface area contributed by atoms with E-state index in [-0.39, 0.29) is 37.6 Å². The summed E-state index contributed by atoms with van der Waals surface area (Å²) in [7, 11) is 0. The second kappa shape index (κ2) is 12.2. The van der Waals surface area contributed by atoms with Crippen molar-refractivity contribution in [3.8, 4) is 11.1 Å². The van der Waals surface area contributed by atoms with E-state index in [1.165, 1.54) is 9.80 Å². The number of aliphatic carboxylic acids is 1. The molecule has 3 N–H and O–H groups in total. The third-order valence-corrected chi connectivity index (χ3v) is 7.44. The molecule has 2 aromatic rings. The smallest absolute Gasteiger partial charge is 0.475 e. The first kappa shape index (κ1) is 31.8. The predicted octanol–water partition coefficient (Wildman–Crippen LogP) is 3.91. The molecule has 3 aliphatic rings. The zero-order chi connectivity index (χ0) is 31.7. The molecule has 2 heterocycles. The van der Waals surface area contributed by atoms with Gasteiger partial charge in [0.05, 0.1) is 6.04 Å². The molecule has 2 aliphatic heterocycles. The summed E-state index contributed by atoms with van der Waals surface area (Å²) in [5.74, 6) is -3.57. The minimum Gasteiger partial charge on any atom is -0.475 e. The van der Waals surface area contributed by atoms with Crippen molar-refractivity contribution in [2.45, 2.75) is 69.4 Å². The number of rotatable bonds is 3. The Hall–Kier alpha value is -4.13. The van der Waals surface area contributed by atoms with E-state index in [0.717, 1.165) is 22.3 Å². The van der Waals surface area contributed by atoms with Gasteiger partial charge in [0, 0.05) is 19.0 Å². The lowest BCUT2D eigenvalue weighted by molar-refractivity contribution is -0.192. The van der Waals surface area contributed by atoms with Gasteiger partial charge in [0.2, 0.25) is 5.91 Å². The molecule has 0 saturated carbocycles. The molecule has 2 fully saturated rings. The van der Waals surface area contributed by atoms with Crippen LogP contribution in [0.1, 0.15) is 50.7 Å². The van der Waals surface area contributed by atoms with Crippen molar-refractivity contribution in [1.29, 1.82) is 0 Å². The molecule has 2 saturated heterocycles. The Labute approximate surface area is 246 Å². The molecule has 10 nitrogen and oxygen atoms in total. The number of carbonyl (C=O) groups excluding carboxylic acids is 3. The van der Waals surface area contributed by atoms with Gasteiger partial charge >= 0.3 is 24.2 Å². The van der Waals surface area contributed by atoms with Crippen molar-refractivity contribution >= 4 is 23.9 Å². The Morgan fingerprint density at radius 2 is 1.49 bits per heavy atom. The topological polar surface area (TPSA) is 139 Å². The van der Waals surface area contributed by atoms with Gasteiger partial charge in [-0.15, -0.1) is 0 Å². The number of alkyl halides is 3. The van der Waals surface area contributed by atoms with E-state index >= 15 is 0 Å². The fourth-order valence-electron chi connectivity index (χ4n) is 5.67. The van der Waals surface area contributed by atoms with Crippen LogP contribution in [-0.2, 0) is 23.9 Å². The van der Waals surface area contributed by atoms with Gasteiger partial charge in [0.1, 0.15) is 24.3 Å². The summed E-state index contributed by atoms with van der Waals surface area (Å²) in [6.07, 6.45) is -4.51. The Morgan fingerprint density at radius 1 is 0.953 bits per heavy atom. The standard InChI is InChI=1S/C28H33N3O5.C2HF3O2/c1-28(2,3)36-26(33)24-13-12-17-14-30(15-23(29)25(32)31(17)24)27(34)35-16-22-20-10-6-4-8-18(20)19-9-5-7-11-21(19)22;3-2(4,5)1(6)7/h4-11,17,22-24H,12-16,29H2,1-3H3;(H,6,7)/t17-,23-,24-;/m0./s1. The number of halogens is 3. The quantitative estimate of drug-likeness (QED) is 0.502. The minimum absolute atomic E-state index is 0.0452. The Morgan fingerprint density at radius 3 is 2.00 bits per heavy atom. The molecule has 0 aromatic heterocycles. The lowest BCUT2D eigenvalue weighted by Gasteiger charge is -2.31. The van der Waals surface area contributed by atoms with Crippen LogP contribution in [0.2, 0.25) is 0 Å². The largest absolute Gasteiger partial charge is 0.490 e. The Bertz CT molecular complexity index is 1350. The molecule has 5 rings (SSSR count). The van der Waals surface area contributed by atoms with Gasteiger partial charge in [0.25, 0.3) is 0 Å². The van der Waals surface area contributed by atoms with Gasteiger partial charge in [-0.1, -0.05) is 48.5 Å². The lowest BCUT2D eigenvalue weighted by Crippen LogP contribution is -2.52. The average molecular weight is 606 g/mol. The lowest BCUT2D eigenvalue weighted by atomic mass is 9.98. The highest BCUT2D eigenvalue weighted by Crippen LogP contribution is 2.44. The molecule has 1 aliphatic carbocycles. The molecule has 3 atom stereocenters. The fourth-order valence-corrected chi connectivity index (χ4v) is 5.67. The molecule has 2 aromatic carbocycles. The highest BCUT2D eigenvalue weighted by atomic mass is 19.4. The Kier molecular flexibility index (Phi) is 9.05. The summed E-state index contributed by atoms with van der Waals surface area (Å²) in [4.78, 5) is 51.1. The van der Waals surface area contributed by atoms with Crippen molar-refractivity contribution in [2.75, 3.05) is 19.7 Å². The maximum absolute atomic E-state index is 13.2. The van der Waals surface area contributed by atoms with Gasteiger partial charge in [-0.25, -0.2) is 14.4 Å². The number of esters is 1. The maximum Gasteiger partial charge on any atom is 0.490 e. The van der Waals surface area contributed by atoms with E-state index < -0.39 is 41.9 Å². The minimum atomic E-state index is -5.08. The number of benzene rings is 2. The van der Waals surface area contributed by atoms with Crippen molar-refractivity contribution in [3.05, 3.63) is 59.7 Å². The second-order valence-electron chi connectivity index (χ2n) is 11.6. The van der Waals surface area contributed by atoms with E-state index in [4.69, 9.17) is 25.1 Å². The van der Waals surface area contributed by atoms with Crippen molar-refractivity contribution in [2.24, 2.45) is 5.73 Å². The highest BCUT2D eigenvalue weighted by molar-refractivity contribution is 5.89. The first-order valence-electron chi connectivity index (χ1n) is 13.8. The summed E-state index contributed by atoms with van der Waals surface area (Å²) in [5, 5.41) is 7.12. The number of carbonyl (C=O) groups is 4. The van der Waals surface area contributed by atoms with Gasteiger partial charge in [-0.2, -0.15) is 13.2 Å². The zero-order valence-electron chi connectivity index (χ0n) is 24.0. The number of hydrogen-bond acceptors (Lipinski definition) is 7. The average Bonchev–Trinajstić information content (AvgIpc) is 3.45. The van der Waals surface area contributed by atoms with Crippen molar-refractivity contribution < 1.29 is 46.9 Å². The van der Waals surface area contributed by atoms with Crippen LogP contribution in [0.3, 0.4) is 0 Å². The summed E-state index contributed by atoms with van der Waals surface area (Å²) in [5.41, 5.74) is 10.1. The van der Waals surface area contributed by atoms with Gasteiger partial charge in [-0.05, 0) is 55.9 Å². The molecule has 0 spiro atoms. The first-order valence-corrected chi connectivity index (χ1v) is 13.8. The number of ether oxygens (including phenoxy) is 2. The van der Waals surface area contributed by atoms with Crippen molar-refractivity contribution in [3.63, 3.8) is 0 Å². The normalized spacial score (nSPS) is 21.6. The van der Waals surface area contributed by atoms with E-state index in [1.54, 1.807) is 20.8 Å². The van der Waals surface area contributed by atoms with Crippen LogP contribution in [0.25, 0.3) is 11.1 Å². The number of fused-ring (bicyclic) bond motifs is 4. The Balaban J connectivity index is 0.000000541. The summed E-state index contributed by atoms with van der Waals surface area (Å²) in [6.45, 7) is 5.91. The molecule has 0 bridgehead atoms. The van der Waals surface area contributed by atoms with Crippen LogP contribution < -0.4 is 5.73 Å². The van der Waals surface area contributed by atoms with Gasteiger partial charge in [0.15, 0.2) is 0 Å². The molecule has 232 valence electrons. The van der Waals surface area contributed by atoms with E-state index in [1.807, 2.05) is 24.3 Å². The van der Waals surface area contributed by atoms with E-state index in [9.17, 15) is 27.6 Å². The highest BCUT2D eigenvalue weighted by Gasteiger charge is 2.47. The van der Waals surface area contributed by atoms with Crippen LogP contribution in [0.15, 0.2) is 48.5 Å². The number of amides is 2. The molecule has 0 unspecified atom stereocenters. The fraction of sp³-hybridized carbons (Fsp3) is 0.467. The molecular weight excluding hydrogens is 571 g/mol. The molecule has 2 amide bonds.